The maximum Gasteiger partial charge on any atom is 0.438 e. The zero-order chi connectivity index (χ0) is 18.7. The fourth-order valence-corrected chi connectivity index (χ4v) is 2.65. The van der Waals surface area contributed by atoms with Gasteiger partial charge in [0.2, 0.25) is 0 Å². The van der Waals surface area contributed by atoms with Crippen molar-refractivity contribution < 1.29 is 27.8 Å². The summed E-state index contributed by atoms with van der Waals surface area (Å²) in [5.41, 5.74) is -3.19. The molecule has 8 heteroatoms. The average Bonchev–Trinajstić information content (AvgIpc) is 2.92. The van der Waals surface area contributed by atoms with E-state index >= 15 is 0 Å². The van der Waals surface area contributed by atoms with Gasteiger partial charge in [0, 0.05) is 17.7 Å². The van der Waals surface area contributed by atoms with Gasteiger partial charge in [0.1, 0.15) is 5.75 Å². The summed E-state index contributed by atoms with van der Waals surface area (Å²) in [7, 11) is 1.38. The molecule has 1 aromatic rings. The summed E-state index contributed by atoms with van der Waals surface area (Å²) in [6.07, 6.45) is -3.03. The molecule has 1 amide bonds. The molecule has 0 aliphatic carbocycles. The molecular formula is C17H21F3N2O3. The summed E-state index contributed by atoms with van der Waals surface area (Å²) in [6.45, 7) is 1.97. The number of hydrogen-bond acceptors (Lipinski definition) is 4. The number of unbranched alkanes of at least 4 members (excludes halogenated alkanes) is 2. The molecule has 0 fully saturated rings. The summed E-state index contributed by atoms with van der Waals surface area (Å²) in [5.74, 6) is -0.697. The quantitative estimate of drug-likeness (QED) is 0.788. The lowest BCUT2D eigenvalue weighted by Crippen LogP contribution is -2.56. The second-order valence-corrected chi connectivity index (χ2v) is 5.96. The molecule has 5 nitrogen and oxygen atoms in total. The van der Waals surface area contributed by atoms with Crippen LogP contribution in [0, 0.1) is 0 Å². The van der Waals surface area contributed by atoms with Gasteiger partial charge in [-0.3, -0.25) is 4.79 Å². The monoisotopic (exact) mass is 358 g/mol. The third kappa shape index (κ3) is 3.95. The van der Waals surface area contributed by atoms with Gasteiger partial charge in [-0.05, 0) is 31.0 Å². The molecule has 1 N–H and O–H groups in total. The van der Waals surface area contributed by atoms with E-state index in [9.17, 15) is 23.1 Å². The van der Waals surface area contributed by atoms with Crippen molar-refractivity contribution in [1.29, 1.82) is 0 Å². The number of methoxy groups -OCH3 is 1. The zero-order valence-corrected chi connectivity index (χ0v) is 14.1. The highest BCUT2D eigenvalue weighted by Crippen LogP contribution is 2.41. The Kier molecular flexibility index (Phi) is 5.72. The molecule has 1 atom stereocenters. The highest BCUT2D eigenvalue weighted by Gasteiger charge is 2.63. The first-order chi connectivity index (χ1) is 11.7. The number of alkyl halides is 3. The van der Waals surface area contributed by atoms with Crippen LogP contribution in [0.1, 0.15) is 49.4 Å². The number of hydrogen-bond donors (Lipinski definition) is 1. The van der Waals surface area contributed by atoms with Crippen molar-refractivity contribution in [2.45, 2.75) is 50.9 Å². The number of benzene rings is 1. The number of nitrogens with zero attached hydrogens (tertiary/aromatic N) is 2. The average molecular weight is 358 g/mol. The Morgan fingerprint density at radius 1 is 1.40 bits per heavy atom. The van der Waals surface area contributed by atoms with Gasteiger partial charge in [-0.25, -0.2) is 0 Å². The van der Waals surface area contributed by atoms with Gasteiger partial charge in [-0.2, -0.15) is 23.3 Å². The first-order valence-corrected chi connectivity index (χ1v) is 8.07. The third-order valence-electron chi connectivity index (χ3n) is 4.07. The van der Waals surface area contributed by atoms with Crippen LogP contribution in [-0.4, -0.2) is 40.7 Å². The first-order valence-electron chi connectivity index (χ1n) is 8.07. The Morgan fingerprint density at radius 2 is 2.12 bits per heavy atom. The Morgan fingerprint density at radius 3 is 2.72 bits per heavy atom. The minimum Gasteiger partial charge on any atom is -0.497 e. The van der Waals surface area contributed by atoms with Crippen LogP contribution in [0.4, 0.5) is 13.2 Å². The van der Waals surface area contributed by atoms with Crippen molar-refractivity contribution in [2.24, 2.45) is 5.10 Å². The molecule has 1 aromatic carbocycles. The molecule has 1 aliphatic heterocycles. The van der Waals surface area contributed by atoms with Crippen LogP contribution in [0.25, 0.3) is 0 Å². The van der Waals surface area contributed by atoms with Crippen LogP contribution in [0.15, 0.2) is 29.4 Å². The number of aliphatic hydroxyl groups is 1. The Labute approximate surface area is 144 Å². The molecule has 0 spiro atoms. The Hall–Kier alpha value is -2.09. The number of ether oxygens (including phenoxy) is 1. The molecule has 25 heavy (non-hydrogen) atoms. The lowest BCUT2D eigenvalue weighted by molar-refractivity contribution is -0.297. The van der Waals surface area contributed by atoms with Crippen molar-refractivity contribution in [1.82, 2.24) is 5.01 Å². The smallest absolute Gasteiger partial charge is 0.438 e. The van der Waals surface area contributed by atoms with E-state index in [0.29, 0.717) is 18.6 Å². The summed E-state index contributed by atoms with van der Waals surface area (Å²) in [5, 5.41) is 14.2. The van der Waals surface area contributed by atoms with E-state index in [0.717, 1.165) is 12.8 Å². The number of hydrazone groups is 1. The van der Waals surface area contributed by atoms with Crippen molar-refractivity contribution in [3.05, 3.63) is 29.8 Å². The van der Waals surface area contributed by atoms with Gasteiger partial charge in [-0.1, -0.05) is 25.8 Å². The van der Waals surface area contributed by atoms with Crippen molar-refractivity contribution in [2.75, 3.05) is 7.11 Å². The molecule has 0 unspecified atom stereocenters. The molecule has 138 valence electrons. The molecule has 1 heterocycles. The molecule has 0 radical (unpaired) electrons. The lowest BCUT2D eigenvalue weighted by Gasteiger charge is -2.32. The normalized spacial score (nSPS) is 20.6. The summed E-state index contributed by atoms with van der Waals surface area (Å²) in [4.78, 5) is 12.6. The van der Waals surface area contributed by atoms with Gasteiger partial charge < -0.3 is 9.84 Å². The third-order valence-corrected chi connectivity index (χ3v) is 4.07. The molecular weight excluding hydrogens is 337 g/mol. The van der Waals surface area contributed by atoms with Crippen LogP contribution in [-0.2, 0) is 0 Å². The summed E-state index contributed by atoms with van der Waals surface area (Å²) in [6, 6.07) is 5.72. The van der Waals surface area contributed by atoms with Gasteiger partial charge in [-0.15, -0.1) is 0 Å². The largest absolute Gasteiger partial charge is 0.497 e. The highest BCUT2D eigenvalue weighted by atomic mass is 19.4. The number of carbonyl (C=O) groups is 1. The van der Waals surface area contributed by atoms with Gasteiger partial charge in [0.25, 0.3) is 11.6 Å². The maximum atomic E-state index is 13.4. The highest BCUT2D eigenvalue weighted by molar-refractivity contribution is 5.98. The van der Waals surface area contributed by atoms with E-state index in [-0.39, 0.29) is 16.3 Å². The minimum absolute atomic E-state index is 0.0411. The van der Waals surface area contributed by atoms with Gasteiger partial charge >= 0.3 is 6.18 Å². The standard InChI is InChI=1S/C17H21F3N2O3/c1-3-4-5-8-13-11-16(24,17(18,19)20)22(21-13)15(23)12-7-6-9-14(10-12)25-2/h6-7,9-10,24H,3-5,8,11H2,1-2H3/t16-/m0/s1. The van der Waals surface area contributed by atoms with Crippen LogP contribution < -0.4 is 4.74 Å². The molecule has 0 aromatic heterocycles. The molecule has 1 aliphatic rings. The van der Waals surface area contributed by atoms with Crippen molar-refractivity contribution in [3.63, 3.8) is 0 Å². The van der Waals surface area contributed by atoms with Crippen molar-refractivity contribution in [3.8, 4) is 5.75 Å². The molecule has 0 saturated heterocycles. The van der Waals surface area contributed by atoms with E-state index in [1.165, 1.54) is 25.3 Å². The summed E-state index contributed by atoms with van der Waals surface area (Å²) >= 11 is 0. The van der Waals surface area contributed by atoms with Crippen molar-refractivity contribution >= 4 is 11.6 Å². The second-order valence-electron chi connectivity index (χ2n) is 5.96. The maximum absolute atomic E-state index is 13.4. The minimum atomic E-state index is -5.02. The fraction of sp³-hybridized carbons (Fsp3) is 0.529. The molecule has 0 bridgehead atoms. The fourth-order valence-electron chi connectivity index (χ4n) is 2.65. The van der Waals surface area contributed by atoms with Crippen LogP contribution in [0.2, 0.25) is 0 Å². The van der Waals surface area contributed by atoms with E-state index in [1.807, 2.05) is 6.92 Å². The number of halogens is 3. The predicted octanol–water partition coefficient (Wildman–Crippen LogP) is 3.73. The van der Waals surface area contributed by atoms with Crippen LogP contribution in [0.3, 0.4) is 0 Å². The van der Waals surface area contributed by atoms with E-state index in [2.05, 4.69) is 5.10 Å². The van der Waals surface area contributed by atoms with E-state index in [4.69, 9.17) is 4.74 Å². The zero-order valence-electron chi connectivity index (χ0n) is 14.1. The SMILES string of the molecule is CCCCCC1=NN(C(=O)c2cccc(OC)c2)[C@@](O)(C(F)(F)F)C1. The lowest BCUT2D eigenvalue weighted by atomic mass is 10.0. The van der Waals surface area contributed by atoms with E-state index < -0.39 is 24.2 Å². The molecule has 0 saturated carbocycles. The number of carbonyl (C=O) groups excluding carboxylic acids is 1. The number of amides is 1. The summed E-state index contributed by atoms with van der Waals surface area (Å²) < 4.78 is 45.3. The van der Waals surface area contributed by atoms with Gasteiger partial charge in [0.15, 0.2) is 0 Å². The topological polar surface area (TPSA) is 62.1 Å². The predicted molar refractivity (Wildman–Crippen MR) is 86.4 cm³/mol. The van der Waals surface area contributed by atoms with Crippen LogP contribution in [0.5, 0.6) is 5.75 Å². The van der Waals surface area contributed by atoms with E-state index in [1.54, 1.807) is 6.07 Å². The Bertz CT molecular complexity index is 661. The van der Waals surface area contributed by atoms with Crippen LogP contribution >= 0.6 is 0 Å². The first kappa shape index (κ1) is 19.2. The number of rotatable bonds is 6. The Balaban J connectivity index is 2.32. The van der Waals surface area contributed by atoms with Gasteiger partial charge in [0.05, 0.1) is 7.11 Å². The second kappa shape index (κ2) is 7.43. The molecule has 2 rings (SSSR count).